The normalized spacial score (nSPS) is 12.2. The predicted octanol–water partition coefficient (Wildman–Crippen LogP) is 3.86. The first-order chi connectivity index (χ1) is 14.7. The zero-order valence-corrected chi connectivity index (χ0v) is 15.9. The first-order valence-electron chi connectivity index (χ1n) is 9.26. The van der Waals surface area contributed by atoms with Crippen LogP contribution < -0.4 is 4.74 Å². The highest BCUT2D eigenvalue weighted by Crippen LogP contribution is 2.36. The van der Waals surface area contributed by atoms with E-state index >= 15 is 0 Å². The number of halogens is 1. The number of hydrogen-bond acceptors (Lipinski definition) is 6. The summed E-state index contributed by atoms with van der Waals surface area (Å²) >= 11 is 0. The Hall–Kier alpha value is -4.14. The molecule has 0 spiro atoms. The van der Waals surface area contributed by atoms with Crippen molar-refractivity contribution in [2.75, 3.05) is 0 Å². The van der Waals surface area contributed by atoms with Crippen molar-refractivity contribution in [3.8, 4) is 28.0 Å². The van der Waals surface area contributed by atoms with Crippen LogP contribution in [0.15, 0.2) is 67.4 Å². The lowest BCUT2D eigenvalue weighted by Gasteiger charge is -2.17. The summed E-state index contributed by atoms with van der Waals surface area (Å²) in [5.74, 6) is 0.916. The maximum absolute atomic E-state index is 13.3. The number of nitrogens with one attached hydrogen (secondary N) is 1. The van der Waals surface area contributed by atoms with Crippen LogP contribution in [-0.4, -0.2) is 35.0 Å². The monoisotopic (exact) mass is 401 g/mol. The van der Waals surface area contributed by atoms with Gasteiger partial charge < -0.3 is 4.74 Å². The van der Waals surface area contributed by atoms with Crippen molar-refractivity contribution in [1.82, 2.24) is 35.0 Å². The third-order valence-electron chi connectivity index (χ3n) is 4.73. The smallest absolute Gasteiger partial charge is 0.190 e. The SMILES string of the molecule is CC(Oc1ccc(-c2ccc(F)cc2)cc1-c1cnn2cnnc2c1)c1nc[nH]n1. The summed E-state index contributed by atoms with van der Waals surface area (Å²) in [6, 6.07) is 14.0. The van der Waals surface area contributed by atoms with Gasteiger partial charge in [-0.3, -0.25) is 5.10 Å². The molecule has 0 aliphatic carbocycles. The number of aromatic amines is 1. The van der Waals surface area contributed by atoms with Gasteiger partial charge in [-0.15, -0.1) is 10.2 Å². The van der Waals surface area contributed by atoms with E-state index in [1.165, 1.54) is 24.8 Å². The number of H-pyrrole nitrogens is 1. The van der Waals surface area contributed by atoms with Gasteiger partial charge in [0.25, 0.3) is 0 Å². The molecule has 3 aromatic heterocycles. The fraction of sp³-hybridized carbons (Fsp3) is 0.0952. The number of aromatic nitrogens is 7. The van der Waals surface area contributed by atoms with E-state index in [1.54, 1.807) is 22.8 Å². The zero-order valence-electron chi connectivity index (χ0n) is 15.9. The average molecular weight is 401 g/mol. The van der Waals surface area contributed by atoms with Crippen molar-refractivity contribution < 1.29 is 9.13 Å². The van der Waals surface area contributed by atoms with Crippen LogP contribution in [0.2, 0.25) is 0 Å². The van der Waals surface area contributed by atoms with Gasteiger partial charge in [0.1, 0.15) is 24.2 Å². The lowest BCUT2D eigenvalue weighted by Crippen LogP contribution is -2.06. The maximum atomic E-state index is 13.3. The molecule has 5 rings (SSSR count). The van der Waals surface area contributed by atoms with Crippen LogP contribution in [0.1, 0.15) is 18.9 Å². The molecule has 0 aliphatic heterocycles. The van der Waals surface area contributed by atoms with Crippen molar-refractivity contribution in [2.45, 2.75) is 13.0 Å². The fourth-order valence-electron chi connectivity index (χ4n) is 3.21. The van der Waals surface area contributed by atoms with Gasteiger partial charge in [0.2, 0.25) is 0 Å². The van der Waals surface area contributed by atoms with E-state index < -0.39 is 0 Å². The van der Waals surface area contributed by atoms with Crippen LogP contribution in [0.25, 0.3) is 27.9 Å². The molecule has 0 bridgehead atoms. The lowest BCUT2D eigenvalue weighted by molar-refractivity contribution is 0.218. The van der Waals surface area contributed by atoms with Gasteiger partial charge in [0.05, 0.1) is 6.20 Å². The van der Waals surface area contributed by atoms with Gasteiger partial charge in [-0.25, -0.2) is 13.9 Å². The highest BCUT2D eigenvalue weighted by Gasteiger charge is 2.16. The number of rotatable bonds is 5. The van der Waals surface area contributed by atoms with Gasteiger partial charge in [-0.1, -0.05) is 18.2 Å². The van der Waals surface area contributed by atoms with E-state index in [9.17, 15) is 4.39 Å². The first kappa shape index (κ1) is 17.9. The summed E-state index contributed by atoms with van der Waals surface area (Å²) < 4.78 is 21.1. The Bertz CT molecular complexity index is 1300. The summed E-state index contributed by atoms with van der Waals surface area (Å²) in [6.45, 7) is 1.88. The van der Waals surface area contributed by atoms with Crippen LogP contribution in [0, 0.1) is 5.82 Å². The molecule has 0 saturated carbocycles. The molecule has 0 amide bonds. The molecule has 8 nitrogen and oxygen atoms in total. The molecule has 0 radical (unpaired) electrons. The van der Waals surface area contributed by atoms with Gasteiger partial charge in [-0.05, 0) is 48.4 Å². The topological polar surface area (TPSA) is 93.9 Å². The van der Waals surface area contributed by atoms with Crippen LogP contribution in [0.3, 0.4) is 0 Å². The standard InChI is InChI=1S/C21H16FN7O/c1-13(21-23-11-24-28-21)30-19-7-4-15(14-2-5-17(22)6-3-14)8-18(19)16-9-20-27-25-12-29(20)26-10-16/h2-13H,1H3,(H,23,24,28). The van der Waals surface area contributed by atoms with Crippen molar-refractivity contribution in [1.29, 1.82) is 0 Å². The molecular formula is C21H16FN7O. The van der Waals surface area contributed by atoms with E-state index in [0.29, 0.717) is 17.2 Å². The van der Waals surface area contributed by atoms with E-state index in [-0.39, 0.29) is 11.9 Å². The minimum absolute atomic E-state index is 0.277. The highest BCUT2D eigenvalue weighted by molar-refractivity contribution is 5.78. The molecule has 3 heterocycles. The summed E-state index contributed by atoms with van der Waals surface area (Å²) in [7, 11) is 0. The van der Waals surface area contributed by atoms with Crippen molar-refractivity contribution in [3.05, 3.63) is 79.0 Å². The van der Waals surface area contributed by atoms with Crippen LogP contribution in [0.5, 0.6) is 5.75 Å². The summed E-state index contributed by atoms with van der Waals surface area (Å²) in [5, 5.41) is 19.1. The molecule has 1 N–H and O–H groups in total. The lowest BCUT2D eigenvalue weighted by atomic mass is 9.99. The molecule has 0 fully saturated rings. The fourth-order valence-corrected chi connectivity index (χ4v) is 3.21. The van der Waals surface area contributed by atoms with E-state index in [4.69, 9.17) is 4.74 Å². The van der Waals surface area contributed by atoms with Crippen molar-refractivity contribution in [3.63, 3.8) is 0 Å². The Kier molecular flexibility index (Phi) is 4.40. The van der Waals surface area contributed by atoms with Gasteiger partial charge in [0.15, 0.2) is 17.6 Å². The largest absolute Gasteiger partial charge is 0.482 e. The van der Waals surface area contributed by atoms with Gasteiger partial charge in [0, 0.05) is 11.1 Å². The number of nitrogens with zero attached hydrogens (tertiary/aromatic N) is 6. The van der Waals surface area contributed by atoms with Crippen molar-refractivity contribution >= 4 is 5.65 Å². The third kappa shape index (κ3) is 3.37. The van der Waals surface area contributed by atoms with Crippen LogP contribution in [0.4, 0.5) is 4.39 Å². The summed E-state index contributed by atoms with van der Waals surface area (Å²) in [4.78, 5) is 4.16. The third-order valence-corrected chi connectivity index (χ3v) is 4.73. The number of hydrogen-bond donors (Lipinski definition) is 1. The quantitative estimate of drug-likeness (QED) is 0.481. The second-order valence-corrected chi connectivity index (χ2v) is 6.71. The minimum atomic E-state index is -0.364. The molecule has 30 heavy (non-hydrogen) atoms. The minimum Gasteiger partial charge on any atom is -0.482 e. The van der Waals surface area contributed by atoms with Gasteiger partial charge >= 0.3 is 0 Å². The number of ether oxygens (including phenoxy) is 1. The van der Waals surface area contributed by atoms with E-state index in [0.717, 1.165) is 22.3 Å². The van der Waals surface area contributed by atoms with E-state index in [1.807, 2.05) is 31.2 Å². The summed E-state index contributed by atoms with van der Waals surface area (Å²) in [5.41, 5.74) is 4.06. The Morgan fingerprint density at radius 2 is 1.87 bits per heavy atom. The molecule has 2 aromatic carbocycles. The highest BCUT2D eigenvalue weighted by atomic mass is 19.1. The number of fused-ring (bicyclic) bond motifs is 1. The second-order valence-electron chi connectivity index (χ2n) is 6.71. The predicted molar refractivity (Wildman–Crippen MR) is 107 cm³/mol. The molecule has 148 valence electrons. The molecule has 1 atom stereocenters. The Labute approximate surface area is 170 Å². The summed E-state index contributed by atoms with van der Waals surface area (Å²) in [6.07, 6.45) is 4.41. The Morgan fingerprint density at radius 3 is 2.67 bits per heavy atom. The Balaban J connectivity index is 1.60. The van der Waals surface area contributed by atoms with Gasteiger partial charge in [-0.2, -0.15) is 10.2 Å². The average Bonchev–Trinajstić information content (AvgIpc) is 3.46. The second kappa shape index (κ2) is 7.36. The maximum Gasteiger partial charge on any atom is 0.190 e. The molecule has 0 aliphatic rings. The first-order valence-corrected chi connectivity index (χ1v) is 9.26. The van der Waals surface area contributed by atoms with Crippen LogP contribution >= 0.6 is 0 Å². The molecule has 5 aromatic rings. The molecular weight excluding hydrogens is 385 g/mol. The zero-order chi connectivity index (χ0) is 20.5. The van der Waals surface area contributed by atoms with Crippen LogP contribution in [-0.2, 0) is 0 Å². The molecule has 0 saturated heterocycles. The van der Waals surface area contributed by atoms with Crippen molar-refractivity contribution in [2.24, 2.45) is 0 Å². The molecule has 9 heteroatoms. The number of benzene rings is 2. The molecule has 1 unspecified atom stereocenters. The Morgan fingerprint density at radius 1 is 1.03 bits per heavy atom. The van der Waals surface area contributed by atoms with E-state index in [2.05, 4.69) is 30.5 Å².